The highest BCUT2D eigenvalue weighted by Crippen LogP contribution is 2.45. The minimum absolute atomic E-state index is 0.0192. The minimum Gasteiger partial charge on any atom is -0.477 e. The molecule has 0 bridgehead atoms. The number of carbonyl (C=O) groups is 1. The van der Waals surface area contributed by atoms with Crippen LogP contribution in [0.15, 0.2) is 42.5 Å². The topological polar surface area (TPSA) is 42.4 Å². The zero-order valence-corrected chi connectivity index (χ0v) is 15.5. The third-order valence-corrected chi connectivity index (χ3v) is 4.81. The van der Waals surface area contributed by atoms with E-state index in [4.69, 9.17) is 21.3 Å². The molecule has 0 aliphatic heterocycles. The summed E-state index contributed by atoms with van der Waals surface area (Å²) >= 11 is 6.12. The van der Waals surface area contributed by atoms with Gasteiger partial charge in [-0.15, -0.1) is 0 Å². The van der Waals surface area contributed by atoms with Gasteiger partial charge < -0.3 is 9.64 Å². The Labute approximate surface area is 157 Å². The third kappa shape index (κ3) is 2.85. The molecule has 0 radical (unpaired) electrons. The summed E-state index contributed by atoms with van der Waals surface area (Å²) < 4.78 is 6.02. The molecule has 4 rings (SSSR count). The SMILES string of the molecule is CN(C)CCCOc1nc2ccccc2c2c1-c1ccc(Cl)cc1C2=O. The molecule has 1 aliphatic rings. The van der Waals surface area contributed by atoms with E-state index < -0.39 is 0 Å². The molecule has 0 N–H and O–H groups in total. The molecule has 0 atom stereocenters. The molecule has 0 unspecified atom stereocenters. The van der Waals surface area contributed by atoms with Crippen LogP contribution >= 0.6 is 11.6 Å². The molecule has 1 aliphatic carbocycles. The van der Waals surface area contributed by atoms with E-state index >= 15 is 0 Å². The van der Waals surface area contributed by atoms with Gasteiger partial charge in [-0.25, -0.2) is 4.98 Å². The van der Waals surface area contributed by atoms with Crippen molar-refractivity contribution < 1.29 is 9.53 Å². The Bertz CT molecular complexity index is 1010. The van der Waals surface area contributed by atoms with Crippen molar-refractivity contribution >= 4 is 28.3 Å². The number of halogens is 1. The predicted molar refractivity (Wildman–Crippen MR) is 104 cm³/mol. The largest absolute Gasteiger partial charge is 0.477 e. The molecule has 3 aromatic rings. The van der Waals surface area contributed by atoms with Crippen molar-refractivity contribution in [2.75, 3.05) is 27.2 Å². The second kappa shape index (κ2) is 6.71. The van der Waals surface area contributed by atoms with E-state index in [1.165, 1.54) is 0 Å². The van der Waals surface area contributed by atoms with E-state index in [-0.39, 0.29) is 5.78 Å². The van der Waals surface area contributed by atoms with Crippen molar-refractivity contribution in [1.29, 1.82) is 0 Å². The molecule has 132 valence electrons. The smallest absolute Gasteiger partial charge is 0.222 e. The van der Waals surface area contributed by atoms with Crippen LogP contribution in [-0.2, 0) is 0 Å². The first-order chi connectivity index (χ1) is 12.6. The van der Waals surface area contributed by atoms with Gasteiger partial charge in [0.05, 0.1) is 17.7 Å². The fourth-order valence-electron chi connectivity index (χ4n) is 3.39. The van der Waals surface area contributed by atoms with Crippen LogP contribution in [0.1, 0.15) is 22.3 Å². The van der Waals surface area contributed by atoms with E-state index in [1.807, 2.05) is 44.4 Å². The maximum atomic E-state index is 13.1. The highest BCUT2D eigenvalue weighted by molar-refractivity contribution is 6.33. The molecule has 0 spiro atoms. The van der Waals surface area contributed by atoms with Gasteiger partial charge in [0.25, 0.3) is 0 Å². The lowest BCUT2D eigenvalue weighted by atomic mass is 10.0. The van der Waals surface area contributed by atoms with Crippen LogP contribution in [0.4, 0.5) is 0 Å². The highest BCUT2D eigenvalue weighted by atomic mass is 35.5. The van der Waals surface area contributed by atoms with Crippen LogP contribution in [0.3, 0.4) is 0 Å². The van der Waals surface area contributed by atoms with E-state index in [0.717, 1.165) is 35.0 Å². The van der Waals surface area contributed by atoms with Crippen LogP contribution in [0, 0.1) is 0 Å². The van der Waals surface area contributed by atoms with E-state index in [1.54, 1.807) is 12.1 Å². The summed E-state index contributed by atoms with van der Waals surface area (Å²) in [6.07, 6.45) is 0.887. The molecule has 1 heterocycles. The van der Waals surface area contributed by atoms with Crippen molar-refractivity contribution in [2.45, 2.75) is 6.42 Å². The second-order valence-corrected chi connectivity index (χ2v) is 7.14. The number of rotatable bonds is 5. The maximum Gasteiger partial charge on any atom is 0.222 e. The number of pyridine rings is 1. The first-order valence-electron chi connectivity index (χ1n) is 8.61. The van der Waals surface area contributed by atoms with Crippen LogP contribution < -0.4 is 4.74 Å². The average Bonchev–Trinajstić information content (AvgIpc) is 2.91. The van der Waals surface area contributed by atoms with Gasteiger partial charge in [-0.2, -0.15) is 0 Å². The monoisotopic (exact) mass is 366 g/mol. The van der Waals surface area contributed by atoms with Crippen molar-refractivity contribution in [3.05, 3.63) is 58.6 Å². The van der Waals surface area contributed by atoms with Crippen LogP contribution in [0.2, 0.25) is 5.02 Å². The summed E-state index contributed by atoms with van der Waals surface area (Å²) in [6.45, 7) is 1.48. The number of hydrogen-bond donors (Lipinski definition) is 0. The summed E-state index contributed by atoms with van der Waals surface area (Å²) in [5.74, 6) is 0.501. The van der Waals surface area contributed by atoms with E-state index in [9.17, 15) is 4.79 Å². The van der Waals surface area contributed by atoms with Crippen molar-refractivity contribution in [3.63, 3.8) is 0 Å². The van der Waals surface area contributed by atoms with Gasteiger partial charge in [0.1, 0.15) is 0 Å². The zero-order valence-electron chi connectivity index (χ0n) is 14.8. The van der Waals surface area contributed by atoms with E-state index in [0.29, 0.717) is 28.6 Å². The van der Waals surface area contributed by atoms with Gasteiger partial charge in [-0.1, -0.05) is 35.9 Å². The lowest BCUT2D eigenvalue weighted by molar-refractivity contribution is 0.104. The number of fused-ring (bicyclic) bond motifs is 5. The molecule has 0 fully saturated rings. The number of benzene rings is 2. The number of aromatic nitrogens is 1. The Morgan fingerprint density at radius 3 is 2.69 bits per heavy atom. The molecule has 26 heavy (non-hydrogen) atoms. The summed E-state index contributed by atoms with van der Waals surface area (Å²) in [5.41, 5.74) is 3.67. The van der Waals surface area contributed by atoms with Gasteiger partial charge >= 0.3 is 0 Å². The van der Waals surface area contributed by atoms with Crippen molar-refractivity contribution in [2.24, 2.45) is 0 Å². The third-order valence-electron chi connectivity index (χ3n) is 4.57. The standard InChI is InChI=1S/C21H19ClN2O2/c1-24(2)10-5-11-26-21-19-14-9-8-13(22)12-16(14)20(25)18(19)15-6-3-4-7-17(15)23-21/h3-4,6-9,12H,5,10-11H2,1-2H3. The number of nitrogens with zero attached hydrogens (tertiary/aromatic N) is 2. The Kier molecular flexibility index (Phi) is 4.39. The minimum atomic E-state index is -0.0192. The molecule has 0 saturated carbocycles. The fourth-order valence-corrected chi connectivity index (χ4v) is 3.56. The van der Waals surface area contributed by atoms with Gasteiger partial charge in [-0.05, 0) is 44.3 Å². The van der Waals surface area contributed by atoms with E-state index in [2.05, 4.69) is 4.90 Å². The number of ketones is 1. The molecule has 4 nitrogen and oxygen atoms in total. The molecule has 0 amide bonds. The maximum absolute atomic E-state index is 13.1. The summed E-state index contributed by atoms with van der Waals surface area (Å²) in [5, 5.41) is 1.40. The number of hydrogen-bond acceptors (Lipinski definition) is 4. The number of carbonyl (C=O) groups excluding carboxylic acids is 1. The van der Waals surface area contributed by atoms with Crippen LogP contribution in [0.25, 0.3) is 22.0 Å². The fraction of sp³-hybridized carbons (Fsp3) is 0.238. The van der Waals surface area contributed by atoms with Crippen molar-refractivity contribution in [3.8, 4) is 17.0 Å². The lowest BCUT2D eigenvalue weighted by Gasteiger charge is -2.14. The number of ether oxygens (including phenoxy) is 1. The quantitative estimate of drug-likeness (QED) is 0.490. The Hall–Kier alpha value is -2.43. The predicted octanol–water partition coefficient (Wildman–Crippen LogP) is 4.43. The Morgan fingerprint density at radius 1 is 1.08 bits per heavy atom. The summed E-state index contributed by atoms with van der Waals surface area (Å²) in [4.78, 5) is 19.9. The van der Waals surface area contributed by atoms with Gasteiger partial charge in [-0.3, -0.25) is 4.79 Å². The normalized spacial score (nSPS) is 12.5. The first kappa shape index (κ1) is 17.0. The van der Waals surface area contributed by atoms with Crippen LogP contribution in [-0.4, -0.2) is 42.9 Å². The molecule has 2 aromatic carbocycles. The molecule has 5 heteroatoms. The lowest BCUT2D eigenvalue weighted by Crippen LogP contribution is -2.16. The summed E-state index contributed by atoms with van der Waals surface area (Å²) in [7, 11) is 4.06. The van der Waals surface area contributed by atoms with Gasteiger partial charge in [0, 0.05) is 28.1 Å². The molecule has 0 saturated heterocycles. The van der Waals surface area contributed by atoms with Crippen molar-refractivity contribution in [1.82, 2.24) is 9.88 Å². The second-order valence-electron chi connectivity index (χ2n) is 6.71. The van der Waals surface area contributed by atoms with Gasteiger partial charge in [0.2, 0.25) is 5.88 Å². The van der Waals surface area contributed by atoms with Crippen LogP contribution in [0.5, 0.6) is 5.88 Å². The highest BCUT2D eigenvalue weighted by Gasteiger charge is 2.33. The number of para-hydroxylation sites is 1. The Balaban J connectivity index is 1.84. The summed E-state index contributed by atoms with van der Waals surface area (Å²) in [6, 6.07) is 13.1. The van der Waals surface area contributed by atoms with Gasteiger partial charge in [0.15, 0.2) is 5.78 Å². The molecule has 1 aromatic heterocycles. The molecular formula is C21H19ClN2O2. The molecular weight excluding hydrogens is 348 g/mol. The first-order valence-corrected chi connectivity index (χ1v) is 8.99. The zero-order chi connectivity index (χ0) is 18.3. The Morgan fingerprint density at radius 2 is 1.88 bits per heavy atom. The average molecular weight is 367 g/mol.